The zero-order valence-corrected chi connectivity index (χ0v) is 10.8. The molecule has 0 amide bonds. The maximum Gasteiger partial charge on any atom is 0.252 e. The van der Waals surface area contributed by atoms with E-state index in [1.807, 2.05) is 0 Å². The van der Waals surface area contributed by atoms with E-state index in [2.05, 4.69) is 25.5 Å². The first-order valence-corrected chi connectivity index (χ1v) is 6.18. The highest BCUT2D eigenvalue weighted by Crippen LogP contribution is 2.17. The molecule has 2 aromatic heterocycles. The number of H-pyrrole nitrogens is 1. The van der Waals surface area contributed by atoms with Gasteiger partial charge in [-0.25, -0.2) is 4.98 Å². The third-order valence-electron chi connectivity index (χ3n) is 2.12. The molecule has 1 atom stereocenters. The summed E-state index contributed by atoms with van der Waals surface area (Å²) in [6, 6.07) is 1.38. The van der Waals surface area contributed by atoms with Gasteiger partial charge < -0.3 is 15.4 Å². The molecule has 96 valence electrons. The Hall–Kier alpha value is -1.80. The SMILES string of the molecule is Cc1nc(NCc2nnc(C(C)O)s2)cc(=O)[nH]1. The molecule has 1 unspecified atom stereocenters. The molecule has 0 spiro atoms. The molecule has 0 bridgehead atoms. The number of anilines is 1. The van der Waals surface area contributed by atoms with Crippen LogP contribution in [0, 0.1) is 6.92 Å². The summed E-state index contributed by atoms with van der Waals surface area (Å²) >= 11 is 1.32. The van der Waals surface area contributed by atoms with E-state index in [0.717, 1.165) is 5.01 Å². The first-order chi connectivity index (χ1) is 8.54. The quantitative estimate of drug-likeness (QED) is 0.749. The highest BCUT2D eigenvalue weighted by molar-refractivity contribution is 7.11. The Balaban J connectivity index is 2.04. The maximum absolute atomic E-state index is 11.2. The number of hydrogen-bond acceptors (Lipinski definition) is 7. The molecule has 18 heavy (non-hydrogen) atoms. The average molecular weight is 267 g/mol. The molecule has 7 nitrogen and oxygen atoms in total. The molecule has 2 aromatic rings. The van der Waals surface area contributed by atoms with E-state index >= 15 is 0 Å². The van der Waals surface area contributed by atoms with Crippen LogP contribution in [0.15, 0.2) is 10.9 Å². The van der Waals surface area contributed by atoms with Crippen LogP contribution in [0.4, 0.5) is 5.82 Å². The second-order valence-corrected chi connectivity index (χ2v) is 4.87. The number of rotatable bonds is 4. The number of aliphatic hydroxyl groups is 1. The summed E-state index contributed by atoms with van der Waals surface area (Å²) in [5.41, 5.74) is -0.202. The lowest BCUT2D eigenvalue weighted by Gasteiger charge is -2.02. The van der Waals surface area contributed by atoms with Gasteiger partial charge in [-0.1, -0.05) is 11.3 Å². The van der Waals surface area contributed by atoms with Crippen molar-refractivity contribution in [2.75, 3.05) is 5.32 Å². The van der Waals surface area contributed by atoms with Crippen molar-refractivity contribution < 1.29 is 5.11 Å². The normalized spacial score (nSPS) is 12.4. The minimum absolute atomic E-state index is 0.202. The highest BCUT2D eigenvalue weighted by Gasteiger charge is 2.08. The van der Waals surface area contributed by atoms with Crippen molar-refractivity contribution >= 4 is 17.2 Å². The molecule has 0 saturated carbocycles. The molecule has 0 saturated heterocycles. The van der Waals surface area contributed by atoms with Gasteiger partial charge in [0.2, 0.25) is 0 Å². The van der Waals surface area contributed by atoms with E-state index < -0.39 is 6.10 Å². The second-order valence-electron chi connectivity index (χ2n) is 3.78. The van der Waals surface area contributed by atoms with Gasteiger partial charge in [-0.05, 0) is 13.8 Å². The number of aromatic nitrogens is 4. The van der Waals surface area contributed by atoms with E-state index in [4.69, 9.17) is 0 Å². The van der Waals surface area contributed by atoms with E-state index in [9.17, 15) is 9.90 Å². The van der Waals surface area contributed by atoms with Crippen molar-refractivity contribution in [2.45, 2.75) is 26.5 Å². The van der Waals surface area contributed by atoms with Gasteiger partial charge in [0.1, 0.15) is 27.8 Å². The van der Waals surface area contributed by atoms with E-state index in [0.29, 0.717) is 23.2 Å². The molecule has 2 heterocycles. The van der Waals surface area contributed by atoms with E-state index in [-0.39, 0.29) is 5.56 Å². The Morgan fingerprint density at radius 1 is 1.56 bits per heavy atom. The first-order valence-electron chi connectivity index (χ1n) is 5.37. The van der Waals surface area contributed by atoms with Crippen LogP contribution in [0.3, 0.4) is 0 Å². The predicted molar refractivity (Wildman–Crippen MR) is 67.5 cm³/mol. The number of nitrogens with one attached hydrogen (secondary N) is 2. The molecule has 0 radical (unpaired) electrons. The van der Waals surface area contributed by atoms with Crippen molar-refractivity contribution in [2.24, 2.45) is 0 Å². The van der Waals surface area contributed by atoms with Gasteiger partial charge in [0.25, 0.3) is 5.56 Å². The number of aliphatic hydroxyl groups excluding tert-OH is 1. The molecule has 3 N–H and O–H groups in total. The topological polar surface area (TPSA) is 104 Å². The molecule has 8 heteroatoms. The Morgan fingerprint density at radius 3 is 2.94 bits per heavy atom. The lowest BCUT2D eigenvalue weighted by Crippen LogP contribution is -2.11. The smallest absolute Gasteiger partial charge is 0.252 e. The van der Waals surface area contributed by atoms with E-state index in [1.54, 1.807) is 13.8 Å². The fourth-order valence-corrected chi connectivity index (χ4v) is 2.06. The summed E-state index contributed by atoms with van der Waals surface area (Å²) in [5, 5.41) is 21.4. The second kappa shape index (κ2) is 5.23. The predicted octanol–water partition coefficient (Wildman–Crippen LogP) is 0.595. The minimum atomic E-state index is -0.615. The van der Waals surface area contributed by atoms with Gasteiger partial charge in [-0.3, -0.25) is 4.79 Å². The largest absolute Gasteiger partial charge is 0.386 e. The highest BCUT2D eigenvalue weighted by atomic mass is 32.1. The van der Waals surface area contributed by atoms with Gasteiger partial charge >= 0.3 is 0 Å². The molecule has 2 rings (SSSR count). The van der Waals surface area contributed by atoms with Gasteiger partial charge in [0.05, 0.1) is 6.54 Å². The minimum Gasteiger partial charge on any atom is -0.386 e. The zero-order valence-electron chi connectivity index (χ0n) is 9.97. The number of aromatic amines is 1. The van der Waals surface area contributed by atoms with Crippen molar-refractivity contribution in [1.29, 1.82) is 0 Å². The number of hydrogen-bond donors (Lipinski definition) is 3. The summed E-state index contributed by atoms with van der Waals surface area (Å²) in [6.07, 6.45) is -0.615. The molecular weight excluding hydrogens is 254 g/mol. The zero-order chi connectivity index (χ0) is 13.1. The van der Waals surface area contributed by atoms with Crippen LogP contribution in [0.2, 0.25) is 0 Å². The lowest BCUT2D eigenvalue weighted by atomic mass is 10.4. The van der Waals surface area contributed by atoms with Crippen LogP contribution in [0.25, 0.3) is 0 Å². The van der Waals surface area contributed by atoms with Crippen molar-refractivity contribution in [3.05, 3.63) is 32.3 Å². The van der Waals surface area contributed by atoms with E-state index in [1.165, 1.54) is 17.4 Å². The van der Waals surface area contributed by atoms with Crippen LogP contribution >= 0.6 is 11.3 Å². The molecule has 0 aliphatic heterocycles. The monoisotopic (exact) mass is 267 g/mol. The summed E-state index contributed by atoms with van der Waals surface area (Å²) in [6.45, 7) is 3.77. The summed E-state index contributed by atoms with van der Waals surface area (Å²) in [7, 11) is 0. The van der Waals surface area contributed by atoms with Gasteiger partial charge in [-0.15, -0.1) is 10.2 Å². The third-order valence-corrected chi connectivity index (χ3v) is 3.21. The molecule has 0 aromatic carbocycles. The Morgan fingerprint density at radius 2 is 2.33 bits per heavy atom. The van der Waals surface area contributed by atoms with Crippen LogP contribution in [-0.2, 0) is 6.54 Å². The van der Waals surface area contributed by atoms with Crippen LogP contribution in [0.5, 0.6) is 0 Å². The van der Waals surface area contributed by atoms with Crippen molar-refractivity contribution in [1.82, 2.24) is 20.2 Å². The van der Waals surface area contributed by atoms with Crippen molar-refractivity contribution in [3.8, 4) is 0 Å². The molecule has 0 aliphatic carbocycles. The van der Waals surface area contributed by atoms with Gasteiger partial charge in [0, 0.05) is 6.07 Å². The Bertz CT molecular complexity index is 592. The number of aryl methyl sites for hydroxylation is 1. The number of nitrogens with zero attached hydrogens (tertiary/aromatic N) is 3. The fourth-order valence-electron chi connectivity index (χ4n) is 1.34. The van der Waals surface area contributed by atoms with Crippen molar-refractivity contribution in [3.63, 3.8) is 0 Å². The summed E-state index contributed by atoms with van der Waals surface area (Å²) < 4.78 is 0. The third kappa shape index (κ3) is 3.11. The Kier molecular flexibility index (Phi) is 3.68. The fraction of sp³-hybridized carbons (Fsp3) is 0.400. The average Bonchev–Trinajstić information content (AvgIpc) is 2.73. The molecule has 0 aliphatic rings. The maximum atomic E-state index is 11.2. The summed E-state index contributed by atoms with van der Waals surface area (Å²) in [4.78, 5) is 17.9. The lowest BCUT2D eigenvalue weighted by molar-refractivity contribution is 0.198. The standard InChI is InChI=1S/C10H13N5O2S/c1-5(16)10-15-14-9(18-10)4-11-7-3-8(17)13-6(2)12-7/h3,5,16H,4H2,1-2H3,(H2,11,12,13,17). The first kappa shape index (κ1) is 12.7. The molecule has 0 fully saturated rings. The summed E-state index contributed by atoms with van der Waals surface area (Å²) in [5.74, 6) is 1.04. The molecular formula is C10H13N5O2S. The van der Waals surface area contributed by atoms with Crippen LogP contribution < -0.4 is 10.9 Å². The Labute approximate surface area is 107 Å². The van der Waals surface area contributed by atoms with Gasteiger partial charge in [0.15, 0.2) is 0 Å². The van der Waals surface area contributed by atoms with Crippen LogP contribution in [-0.4, -0.2) is 25.3 Å². The van der Waals surface area contributed by atoms with Crippen LogP contribution in [0.1, 0.15) is 28.9 Å². The van der Waals surface area contributed by atoms with Gasteiger partial charge in [-0.2, -0.15) is 0 Å².